The lowest BCUT2D eigenvalue weighted by molar-refractivity contribution is -0.118. The van der Waals surface area contributed by atoms with E-state index in [1.54, 1.807) is 19.1 Å². The highest BCUT2D eigenvalue weighted by Crippen LogP contribution is 2.11. The molecule has 5 heteroatoms. The number of anilines is 1. The van der Waals surface area contributed by atoms with E-state index in [1.165, 1.54) is 0 Å². The Morgan fingerprint density at radius 3 is 2.32 bits per heavy atom. The third kappa shape index (κ3) is 4.22. The molecule has 0 aliphatic heterocycles. The molecular weight excluding hydrogens is 280 g/mol. The third-order valence-corrected chi connectivity index (χ3v) is 3.16. The Balaban J connectivity index is 1.89. The number of carbonyl (C=O) groups is 2. The molecule has 0 radical (unpaired) electrons. The second-order valence-corrected chi connectivity index (χ2v) is 5.43. The first-order valence-corrected chi connectivity index (χ1v) is 7.20. The first-order chi connectivity index (χ1) is 10.5. The molecule has 0 unspecified atom stereocenters. The fourth-order valence-corrected chi connectivity index (χ4v) is 1.82. The standard InChI is InChI=1S/C17H20N2O3/c1-11(2)16(20)19-14-7-5-13(6-8-14)10-18-17(21)15-9-4-12(3)22-15/h4-9,11H,10H2,1-3H3,(H,18,21)(H,19,20). The Labute approximate surface area is 129 Å². The smallest absolute Gasteiger partial charge is 0.287 e. The molecule has 1 aromatic heterocycles. The number of amides is 2. The molecule has 1 heterocycles. The molecule has 22 heavy (non-hydrogen) atoms. The summed E-state index contributed by atoms with van der Waals surface area (Å²) in [7, 11) is 0. The minimum absolute atomic E-state index is 0.0192. The van der Waals surface area contributed by atoms with Crippen LogP contribution in [0.5, 0.6) is 0 Å². The van der Waals surface area contributed by atoms with E-state index < -0.39 is 0 Å². The largest absolute Gasteiger partial charge is 0.456 e. The maximum Gasteiger partial charge on any atom is 0.287 e. The van der Waals surface area contributed by atoms with Crippen molar-refractivity contribution in [2.45, 2.75) is 27.3 Å². The molecule has 0 atom stereocenters. The van der Waals surface area contributed by atoms with Crippen molar-refractivity contribution in [1.82, 2.24) is 5.32 Å². The highest BCUT2D eigenvalue weighted by Gasteiger charge is 2.10. The van der Waals surface area contributed by atoms with Crippen LogP contribution in [0.1, 0.15) is 35.7 Å². The van der Waals surface area contributed by atoms with Gasteiger partial charge in [-0.1, -0.05) is 26.0 Å². The molecule has 0 bridgehead atoms. The van der Waals surface area contributed by atoms with Crippen LogP contribution in [-0.4, -0.2) is 11.8 Å². The van der Waals surface area contributed by atoms with E-state index in [9.17, 15) is 9.59 Å². The average molecular weight is 300 g/mol. The van der Waals surface area contributed by atoms with Crippen LogP contribution in [0, 0.1) is 12.8 Å². The van der Waals surface area contributed by atoms with Crippen molar-refractivity contribution >= 4 is 17.5 Å². The molecule has 0 fully saturated rings. The van der Waals surface area contributed by atoms with Crippen molar-refractivity contribution in [3.8, 4) is 0 Å². The number of aryl methyl sites for hydroxylation is 1. The molecule has 116 valence electrons. The van der Waals surface area contributed by atoms with Crippen LogP contribution in [-0.2, 0) is 11.3 Å². The van der Waals surface area contributed by atoms with Crippen LogP contribution < -0.4 is 10.6 Å². The van der Waals surface area contributed by atoms with Crippen molar-refractivity contribution in [2.24, 2.45) is 5.92 Å². The van der Waals surface area contributed by atoms with E-state index in [1.807, 2.05) is 38.1 Å². The van der Waals surface area contributed by atoms with Crippen LogP contribution in [0.4, 0.5) is 5.69 Å². The van der Waals surface area contributed by atoms with E-state index in [2.05, 4.69) is 10.6 Å². The number of furan rings is 1. The first-order valence-electron chi connectivity index (χ1n) is 7.20. The average Bonchev–Trinajstić information content (AvgIpc) is 2.92. The molecule has 2 amide bonds. The summed E-state index contributed by atoms with van der Waals surface area (Å²) in [6, 6.07) is 10.8. The van der Waals surface area contributed by atoms with Gasteiger partial charge in [-0.25, -0.2) is 0 Å². The monoisotopic (exact) mass is 300 g/mol. The van der Waals surface area contributed by atoms with Crippen molar-refractivity contribution < 1.29 is 14.0 Å². The second-order valence-electron chi connectivity index (χ2n) is 5.43. The molecule has 2 rings (SSSR count). The predicted octanol–water partition coefficient (Wildman–Crippen LogP) is 3.11. The fourth-order valence-electron chi connectivity index (χ4n) is 1.82. The summed E-state index contributed by atoms with van der Waals surface area (Å²) in [5.74, 6) is 0.684. The van der Waals surface area contributed by atoms with Gasteiger partial charge in [0.05, 0.1) is 0 Å². The quantitative estimate of drug-likeness (QED) is 0.891. The Bertz CT molecular complexity index is 657. The zero-order chi connectivity index (χ0) is 16.1. The van der Waals surface area contributed by atoms with Gasteiger partial charge >= 0.3 is 0 Å². The minimum Gasteiger partial charge on any atom is -0.456 e. The maximum absolute atomic E-state index is 11.9. The summed E-state index contributed by atoms with van der Waals surface area (Å²) in [5.41, 5.74) is 1.69. The molecule has 0 aliphatic rings. The number of nitrogens with one attached hydrogen (secondary N) is 2. The second kappa shape index (κ2) is 6.93. The van der Waals surface area contributed by atoms with E-state index in [4.69, 9.17) is 4.42 Å². The van der Waals surface area contributed by atoms with Gasteiger partial charge in [0.25, 0.3) is 5.91 Å². The Kier molecular flexibility index (Phi) is 4.99. The zero-order valence-electron chi connectivity index (χ0n) is 13.0. The molecule has 2 aromatic rings. The van der Waals surface area contributed by atoms with E-state index in [-0.39, 0.29) is 17.7 Å². The van der Waals surface area contributed by atoms with Gasteiger partial charge in [-0.15, -0.1) is 0 Å². The van der Waals surface area contributed by atoms with Crippen molar-refractivity contribution in [2.75, 3.05) is 5.32 Å². The number of rotatable bonds is 5. The summed E-state index contributed by atoms with van der Waals surface area (Å²) >= 11 is 0. The molecule has 0 saturated carbocycles. The number of hydrogen-bond acceptors (Lipinski definition) is 3. The summed E-state index contributed by atoms with van der Waals surface area (Å²) < 4.78 is 5.26. The molecule has 2 N–H and O–H groups in total. The highest BCUT2D eigenvalue weighted by atomic mass is 16.3. The Morgan fingerprint density at radius 1 is 1.09 bits per heavy atom. The molecule has 0 spiro atoms. The zero-order valence-corrected chi connectivity index (χ0v) is 13.0. The van der Waals surface area contributed by atoms with E-state index >= 15 is 0 Å². The molecule has 1 aromatic carbocycles. The summed E-state index contributed by atoms with van der Waals surface area (Å²) in [4.78, 5) is 23.4. The van der Waals surface area contributed by atoms with Crippen LogP contribution in [0.15, 0.2) is 40.8 Å². The van der Waals surface area contributed by atoms with Gasteiger partial charge in [-0.2, -0.15) is 0 Å². The van der Waals surface area contributed by atoms with Crippen LogP contribution in [0.25, 0.3) is 0 Å². The predicted molar refractivity (Wildman–Crippen MR) is 84.5 cm³/mol. The van der Waals surface area contributed by atoms with E-state index in [0.29, 0.717) is 18.1 Å². The molecule has 0 saturated heterocycles. The lowest BCUT2D eigenvalue weighted by Gasteiger charge is -2.09. The van der Waals surface area contributed by atoms with Crippen molar-refractivity contribution in [1.29, 1.82) is 0 Å². The van der Waals surface area contributed by atoms with Gasteiger partial charge in [0.2, 0.25) is 5.91 Å². The topological polar surface area (TPSA) is 71.3 Å². The lowest BCUT2D eigenvalue weighted by Crippen LogP contribution is -2.22. The minimum atomic E-state index is -0.245. The summed E-state index contributed by atoms with van der Waals surface area (Å²) in [6.07, 6.45) is 0. The Morgan fingerprint density at radius 2 is 1.77 bits per heavy atom. The molecule has 5 nitrogen and oxygen atoms in total. The summed E-state index contributed by atoms with van der Waals surface area (Å²) in [6.45, 7) is 5.88. The van der Waals surface area contributed by atoms with Crippen LogP contribution >= 0.6 is 0 Å². The van der Waals surface area contributed by atoms with Gasteiger partial charge in [0.1, 0.15) is 5.76 Å². The first kappa shape index (κ1) is 15.8. The van der Waals surface area contributed by atoms with Gasteiger partial charge in [0, 0.05) is 18.2 Å². The van der Waals surface area contributed by atoms with E-state index in [0.717, 1.165) is 11.3 Å². The van der Waals surface area contributed by atoms with Crippen LogP contribution in [0.3, 0.4) is 0 Å². The Hall–Kier alpha value is -2.56. The third-order valence-electron chi connectivity index (χ3n) is 3.16. The van der Waals surface area contributed by atoms with Crippen molar-refractivity contribution in [3.63, 3.8) is 0 Å². The number of hydrogen-bond donors (Lipinski definition) is 2. The number of benzene rings is 1. The van der Waals surface area contributed by atoms with Crippen molar-refractivity contribution in [3.05, 3.63) is 53.5 Å². The highest BCUT2D eigenvalue weighted by molar-refractivity contribution is 5.92. The number of carbonyl (C=O) groups excluding carboxylic acids is 2. The van der Waals surface area contributed by atoms with Gasteiger partial charge < -0.3 is 15.1 Å². The van der Waals surface area contributed by atoms with Gasteiger partial charge in [-0.3, -0.25) is 9.59 Å². The lowest BCUT2D eigenvalue weighted by atomic mass is 10.1. The normalized spacial score (nSPS) is 10.5. The maximum atomic E-state index is 11.9. The molecule has 0 aliphatic carbocycles. The van der Waals surface area contributed by atoms with Gasteiger partial charge in [0.15, 0.2) is 5.76 Å². The fraction of sp³-hybridized carbons (Fsp3) is 0.294. The SMILES string of the molecule is Cc1ccc(C(=O)NCc2ccc(NC(=O)C(C)C)cc2)o1. The van der Waals surface area contributed by atoms with Gasteiger partial charge in [-0.05, 0) is 36.8 Å². The molecular formula is C17H20N2O3. The van der Waals surface area contributed by atoms with Crippen LogP contribution in [0.2, 0.25) is 0 Å². The summed E-state index contributed by atoms with van der Waals surface area (Å²) in [5, 5.41) is 5.61.